The summed E-state index contributed by atoms with van der Waals surface area (Å²) in [5, 5.41) is 3.30. The third kappa shape index (κ3) is 4.35. The van der Waals surface area contributed by atoms with Crippen molar-refractivity contribution in [2.45, 2.75) is 34.1 Å². The maximum atomic E-state index is 5.44. The molecule has 0 atom stereocenters. The van der Waals surface area contributed by atoms with E-state index in [2.05, 4.69) is 41.0 Å². The molecule has 108 valence electrons. The second-order valence-electron chi connectivity index (χ2n) is 4.18. The molecule has 1 rings (SSSR count). The number of aromatic nitrogens is 2. The van der Waals surface area contributed by atoms with Gasteiger partial charge in [0.15, 0.2) is 0 Å². The number of rotatable bonds is 9. The second kappa shape index (κ2) is 8.69. The Balaban J connectivity index is 2.91. The Morgan fingerprint density at radius 2 is 2.00 bits per heavy atom. The molecule has 0 aromatic carbocycles. The molecular weight excluding hydrogens is 240 g/mol. The number of nitrogens with zero attached hydrogens (tertiary/aromatic N) is 3. The van der Waals surface area contributed by atoms with Crippen LogP contribution in [0.2, 0.25) is 0 Å². The molecule has 0 spiro atoms. The van der Waals surface area contributed by atoms with Crippen LogP contribution in [-0.4, -0.2) is 42.8 Å². The fourth-order valence-electron chi connectivity index (χ4n) is 2.05. The fourth-order valence-corrected chi connectivity index (χ4v) is 2.05. The van der Waals surface area contributed by atoms with Crippen molar-refractivity contribution in [1.29, 1.82) is 0 Å². The van der Waals surface area contributed by atoms with Crippen LogP contribution in [0.15, 0.2) is 6.33 Å². The molecule has 0 aliphatic heterocycles. The van der Waals surface area contributed by atoms with Gasteiger partial charge in [0.1, 0.15) is 18.0 Å². The van der Waals surface area contributed by atoms with E-state index in [9.17, 15) is 0 Å². The summed E-state index contributed by atoms with van der Waals surface area (Å²) in [5.74, 6) is 1.97. The van der Waals surface area contributed by atoms with Crippen LogP contribution in [0.1, 0.15) is 33.3 Å². The highest BCUT2D eigenvalue weighted by Crippen LogP contribution is 2.23. The maximum absolute atomic E-state index is 5.44. The molecule has 0 aliphatic carbocycles. The Bertz CT molecular complexity index is 370. The smallest absolute Gasteiger partial charge is 0.137 e. The van der Waals surface area contributed by atoms with E-state index in [-0.39, 0.29) is 0 Å². The maximum Gasteiger partial charge on any atom is 0.137 e. The minimum Gasteiger partial charge on any atom is -0.380 e. The molecule has 1 aromatic rings. The van der Waals surface area contributed by atoms with E-state index in [1.165, 1.54) is 5.56 Å². The zero-order valence-corrected chi connectivity index (χ0v) is 12.6. The first-order chi connectivity index (χ1) is 9.28. The molecule has 0 aliphatic rings. The fraction of sp³-hybridized carbons (Fsp3) is 0.714. The molecule has 5 nitrogen and oxygen atoms in total. The number of anilines is 2. The standard InChI is InChI=1S/C14H26N4O/c1-5-12-13(15-6-2)16-11-17-14(12)18(7-3)9-10-19-8-4/h11H,5-10H2,1-4H3,(H,15,16,17). The van der Waals surface area contributed by atoms with E-state index < -0.39 is 0 Å². The van der Waals surface area contributed by atoms with Crippen molar-refractivity contribution in [2.24, 2.45) is 0 Å². The van der Waals surface area contributed by atoms with E-state index in [0.717, 1.165) is 50.9 Å². The Morgan fingerprint density at radius 3 is 2.58 bits per heavy atom. The van der Waals surface area contributed by atoms with Gasteiger partial charge in [-0.2, -0.15) is 0 Å². The van der Waals surface area contributed by atoms with E-state index in [0.29, 0.717) is 0 Å². The van der Waals surface area contributed by atoms with Gasteiger partial charge < -0.3 is 15.0 Å². The van der Waals surface area contributed by atoms with Gasteiger partial charge in [-0.1, -0.05) is 6.92 Å². The summed E-state index contributed by atoms with van der Waals surface area (Å²) >= 11 is 0. The predicted octanol–water partition coefficient (Wildman–Crippen LogP) is 2.33. The molecule has 0 saturated heterocycles. The first-order valence-corrected chi connectivity index (χ1v) is 7.18. The minimum atomic E-state index is 0.730. The average molecular weight is 266 g/mol. The van der Waals surface area contributed by atoms with Crippen LogP contribution in [0.5, 0.6) is 0 Å². The number of hydrogen-bond acceptors (Lipinski definition) is 5. The van der Waals surface area contributed by atoms with Gasteiger partial charge in [-0.25, -0.2) is 9.97 Å². The monoisotopic (exact) mass is 266 g/mol. The second-order valence-corrected chi connectivity index (χ2v) is 4.18. The van der Waals surface area contributed by atoms with Crippen LogP contribution in [0.25, 0.3) is 0 Å². The van der Waals surface area contributed by atoms with Crippen molar-refractivity contribution in [1.82, 2.24) is 9.97 Å². The van der Waals surface area contributed by atoms with Crippen LogP contribution in [0.3, 0.4) is 0 Å². The van der Waals surface area contributed by atoms with Gasteiger partial charge in [-0.05, 0) is 27.2 Å². The molecule has 0 amide bonds. The van der Waals surface area contributed by atoms with Crippen molar-refractivity contribution in [2.75, 3.05) is 43.1 Å². The van der Waals surface area contributed by atoms with Crippen molar-refractivity contribution in [3.8, 4) is 0 Å². The average Bonchev–Trinajstić information content (AvgIpc) is 2.44. The molecule has 0 radical (unpaired) electrons. The number of ether oxygens (including phenoxy) is 1. The van der Waals surface area contributed by atoms with Crippen LogP contribution in [-0.2, 0) is 11.2 Å². The summed E-state index contributed by atoms with van der Waals surface area (Å²) in [5.41, 5.74) is 1.18. The number of nitrogens with one attached hydrogen (secondary N) is 1. The zero-order chi connectivity index (χ0) is 14.1. The lowest BCUT2D eigenvalue weighted by molar-refractivity contribution is 0.154. The molecule has 0 unspecified atom stereocenters. The van der Waals surface area contributed by atoms with E-state index in [1.54, 1.807) is 6.33 Å². The summed E-state index contributed by atoms with van der Waals surface area (Å²) in [6, 6.07) is 0. The minimum absolute atomic E-state index is 0.730. The largest absolute Gasteiger partial charge is 0.380 e. The summed E-state index contributed by atoms with van der Waals surface area (Å²) in [6.45, 7) is 12.5. The van der Waals surface area contributed by atoms with Gasteiger partial charge in [0.25, 0.3) is 0 Å². The molecular formula is C14H26N4O. The summed E-state index contributed by atoms with van der Waals surface area (Å²) in [6.07, 6.45) is 2.56. The summed E-state index contributed by atoms with van der Waals surface area (Å²) in [7, 11) is 0. The van der Waals surface area contributed by atoms with Crippen molar-refractivity contribution in [3.05, 3.63) is 11.9 Å². The molecule has 1 aromatic heterocycles. The van der Waals surface area contributed by atoms with Gasteiger partial charge in [-0.3, -0.25) is 0 Å². The van der Waals surface area contributed by atoms with Crippen molar-refractivity contribution in [3.63, 3.8) is 0 Å². The van der Waals surface area contributed by atoms with E-state index in [4.69, 9.17) is 4.74 Å². The Kier molecular flexibility index (Phi) is 7.18. The SMILES string of the molecule is CCNc1ncnc(N(CC)CCOCC)c1CC. The van der Waals surface area contributed by atoms with Gasteiger partial charge in [0.2, 0.25) is 0 Å². The molecule has 0 fully saturated rings. The molecule has 5 heteroatoms. The predicted molar refractivity (Wildman–Crippen MR) is 80.0 cm³/mol. The highest BCUT2D eigenvalue weighted by atomic mass is 16.5. The Hall–Kier alpha value is -1.36. The van der Waals surface area contributed by atoms with Gasteiger partial charge in [-0.15, -0.1) is 0 Å². The summed E-state index contributed by atoms with van der Waals surface area (Å²) < 4.78 is 5.44. The molecule has 19 heavy (non-hydrogen) atoms. The Labute approximate surface area is 116 Å². The van der Waals surface area contributed by atoms with Crippen LogP contribution in [0, 0.1) is 0 Å². The van der Waals surface area contributed by atoms with E-state index >= 15 is 0 Å². The molecule has 1 N–H and O–H groups in total. The first kappa shape index (κ1) is 15.7. The molecule has 1 heterocycles. The lowest BCUT2D eigenvalue weighted by atomic mass is 10.2. The van der Waals surface area contributed by atoms with Gasteiger partial charge in [0.05, 0.1) is 6.61 Å². The third-order valence-electron chi connectivity index (χ3n) is 3.01. The highest BCUT2D eigenvalue weighted by molar-refractivity contribution is 5.58. The van der Waals surface area contributed by atoms with Crippen molar-refractivity contribution < 1.29 is 4.74 Å². The van der Waals surface area contributed by atoms with Gasteiger partial charge in [0, 0.05) is 31.8 Å². The summed E-state index contributed by atoms with van der Waals surface area (Å²) in [4.78, 5) is 11.0. The van der Waals surface area contributed by atoms with Crippen LogP contribution >= 0.6 is 0 Å². The quantitative estimate of drug-likeness (QED) is 0.695. The molecule has 0 bridgehead atoms. The topological polar surface area (TPSA) is 50.3 Å². The number of likely N-dealkylation sites (N-methyl/N-ethyl adjacent to an activating group) is 1. The van der Waals surface area contributed by atoms with Gasteiger partial charge >= 0.3 is 0 Å². The third-order valence-corrected chi connectivity index (χ3v) is 3.01. The highest BCUT2D eigenvalue weighted by Gasteiger charge is 2.14. The Morgan fingerprint density at radius 1 is 1.21 bits per heavy atom. The van der Waals surface area contributed by atoms with Crippen LogP contribution in [0.4, 0.5) is 11.6 Å². The first-order valence-electron chi connectivity index (χ1n) is 7.18. The van der Waals surface area contributed by atoms with Crippen LogP contribution < -0.4 is 10.2 Å². The lowest BCUT2D eigenvalue weighted by Crippen LogP contribution is -2.29. The zero-order valence-electron chi connectivity index (χ0n) is 12.6. The lowest BCUT2D eigenvalue weighted by Gasteiger charge is -2.25. The molecule has 0 saturated carbocycles. The normalized spacial score (nSPS) is 10.5. The van der Waals surface area contributed by atoms with Crippen molar-refractivity contribution >= 4 is 11.6 Å². The number of hydrogen-bond donors (Lipinski definition) is 1. The van der Waals surface area contributed by atoms with E-state index in [1.807, 2.05) is 6.92 Å².